The van der Waals surface area contributed by atoms with Crippen LogP contribution in [0.15, 0.2) is 0 Å². The van der Waals surface area contributed by atoms with Crippen LogP contribution in [0.5, 0.6) is 0 Å². The minimum atomic E-state index is -1.46. The van der Waals surface area contributed by atoms with E-state index in [4.69, 9.17) is 0 Å². The number of rotatable bonds is 7. The molecule has 0 N–H and O–H groups in total. The number of carbonyl (C=O) groups is 1. The lowest BCUT2D eigenvalue weighted by Gasteiger charge is -2.41. The fourth-order valence-corrected chi connectivity index (χ4v) is 4.32. The first-order chi connectivity index (χ1) is 7.27. The SMILES string of the molecule is CCCCCC[C@H](C=O)[Si](C)(C)C(C)(C)C. The van der Waals surface area contributed by atoms with Crippen LogP contribution in [0.2, 0.25) is 23.7 Å². The highest BCUT2D eigenvalue weighted by atomic mass is 28.3. The van der Waals surface area contributed by atoms with Gasteiger partial charge in [0.15, 0.2) is 0 Å². The molecule has 0 aromatic rings. The Bertz CT molecular complexity index is 203. The second-order valence-corrected chi connectivity index (χ2v) is 12.2. The van der Waals surface area contributed by atoms with Crippen molar-refractivity contribution in [3.63, 3.8) is 0 Å². The van der Waals surface area contributed by atoms with E-state index >= 15 is 0 Å². The van der Waals surface area contributed by atoms with Crippen LogP contribution >= 0.6 is 0 Å². The van der Waals surface area contributed by atoms with Crippen LogP contribution in [0.4, 0.5) is 0 Å². The predicted octanol–water partition coefficient (Wildman–Crippen LogP) is 5.03. The molecule has 0 unspecified atom stereocenters. The zero-order chi connectivity index (χ0) is 12.8. The molecule has 0 rings (SSSR count). The third-order valence-corrected chi connectivity index (χ3v) is 10.5. The van der Waals surface area contributed by atoms with E-state index < -0.39 is 8.07 Å². The van der Waals surface area contributed by atoms with Crippen LogP contribution in [0.3, 0.4) is 0 Å². The lowest BCUT2D eigenvalue weighted by Crippen LogP contribution is -2.42. The van der Waals surface area contributed by atoms with Crippen LogP contribution in [0.25, 0.3) is 0 Å². The van der Waals surface area contributed by atoms with Crippen molar-refractivity contribution in [2.24, 2.45) is 0 Å². The van der Waals surface area contributed by atoms with Crippen LogP contribution in [-0.4, -0.2) is 14.4 Å². The summed E-state index contributed by atoms with van der Waals surface area (Å²) in [6.45, 7) is 13.8. The first-order valence-electron chi connectivity index (χ1n) is 6.72. The summed E-state index contributed by atoms with van der Waals surface area (Å²) in [5.74, 6) is 0. The van der Waals surface area contributed by atoms with E-state index in [0.29, 0.717) is 10.6 Å². The van der Waals surface area contributed by atoms with Crippen LogP contribution in [-0.2, 0) is 4.79 Å². The Hall–Kier alpha value is -0.113. The Kier molecular flexibility index (Phi) is 6.53. The van der Waals surface area contributed by atoms with Gasteiger partial charge in [0.2, 0.25) is 0 Å². The van der Waals surface area contributed by atoms with Gasteiger partial charge in [-0.1, -0.05) is 66.5 Å². The monoisotopic (exact) mass is 242 g/mol. The molecular weight excluding hydrogens is 212 g/mol. The normalized spacial score (nSPS) is 14.9. The van der Waals surface area contributed by atoms with Crippen molar-refractivity contribution >= 4 is 14.4 Å². The Balaban J connectivity index is 4.32. The minimum absolute atomic E-state index is 0.323. The maximum atomic E-state index is 11.3. The average molecular weight is 242 g/mol. The summed E-state index contributed by atoms with van der Waals surface area (Å²) in [5, 5.41) is 0.323. The van der Waals surface area contributed by atoms with Gasteiger partial charge in [-0.25, -0.2) is 0 Å². The number of unbranched alkanes of at least 4 members (excludes halogenated alkanes) is 3. The summed E-state index contributed by atoms with van der Waals surface area (Å²) in [5.41, 5.74) is 0.337. The molecule has 0 spiro atoms. The largest absolute Gasteiger partial charge is 0.303 e. The van der Waals surface area contributed by atoms with Gasteiger partial charge in [0.05, 0.1) is 8.07 Å². The molecule has 0 amide bonds. The molecule has 0 saturated heterocycles. The lowest BCUT2D eigenvalue weighted by molar-refractivity contribution is -0.108. The van der Waals surface area contributed by atoms with Gasteiger partial charge in [-0.15, -0.1) is 0 Å². The van der Waals surface area contributed by atoms with Gasteiger partial charge in [-0.2, -0.15) is 0 Å². The Morgan fingerprint density at radius 2 is 1.69 bits per heavy atom. The van der Waals surface area contributed by atoms with Crippen LogP contribution in [0, 0.1) is 0 Å². The fraction of sp³-hybridized carbons (Fsp3) is 0.929. The van der Waals surface area contributed by atoms with Crippen molar-refractivity contribution in [3.05, 3.63) is 0 Å². The molecule has 0 aromatic carbocycles. The van der Waals surface area contributed by atoms with E-state index in [1.165, 1.54) is 32.0 Å². The third-order valence-electron chi connectivity index (χ3n) is 4.39. The van der Waals surface area contributed by atoms with Crippen molar-refractivity contribution < 1.29 is 4.79 Å². The number of carbonyl (C=O) groups excluding carboxylic acids is 1. The van der Waals surface area contributed by atoms with Crippen LogP contribution in [0.1, 0.15) is 59.8 Å². The van der Waals surface area contributed by atoms with Crippen LogP contribution < -0.4 is 0 Å². The number of hydrogen-bond donors (Lipinski definition) is 0. The third kappa shape index (κ3) is 4.40. The van der Waals surface area contributed by atoms with Gasteiger partial charge in [0.25, 0.3) is 0 Å². The molecule has 96 valence electrons. The molecule has 16 heavy (non-hydrogen) atoms. The molecular formula is C14H30OSi. The summed E-state index contributed by atoms with van der Waals surface area (Å²) in [6.07, 6.45) is 7.44. The van der Waals surface area contributed by atoms with Crippen molar-refractivity contribution in [2.45, 2.75) is 83.5 Å². The molecule has 0 heterocycles. The molecule has 0 radical (unpaired) electrons. The molecule has 1 atom stereocenters. The van der Waals surface area contributed by atoms with Gasteiger partial charge in [0, 0.05) is 5.54 Å². The Morgan fingerprint density at radius 1 is 1.12 bits per heavy atom. The topological polar surface area (TPSA) is 17.1 Å². The Labute approximate surface area is 103 Å². The smallest absolute Gasteiger partial charge is 0.120 e. The maximum Gasteiger partial charge on any atom is 0.120 e. The highest BCUT2D eigenvalue weighted by Gasteiger charge is 2.41. The van der Waals surface area contributed by atoms with Gasteiger partial charge in [-0.05, 0) is 11.5 Å². The second-order valence-electron chi connectivity index (χ2n) is 6.56. The summed E-state index contributed by atoms with van der Waals surface area (Å²) in [7, 11) is -1.46. The summed E-state index contributed by atoms with van der Waals surface area (Å²) >= 11 is 0. The zero-order valence-electron chi connectivity index (χ0n) is 12.1. The highest BCUT2D eigenvalue weighted by molar-refractivity contribution is 6.83. The molecule has 2 heteroatoms. The van der Waals surface area contributed by atoms with Crippen molar-refractivity contribution in [3.8, 4) is 0 Å². The maximum absolute atomic E-state index is 11.3. The number of aldehydes is 1. The summed E-state index contributed by atoms with van der Waals surface area (Å²) < 4.78 is 0. The molecule has 0 aromatic heterocycles. The molecule has 0 fully saturated rings. The van der Waals surface area contributed by atoms with E-state index in [1.807, 2.05) is 0 Å². The fourth-order valence-electron chi connectivity index (χ4n) is 1.95. The highest BCUT2D eigenvalue weighted by Crippen LogP contribution is 2.44. The van der Waals surface area contributed by atoms with Gasteiger partial charge >= 0.3 is 0 Å². The first kappa shape index (κ1) is 15.9. The predicted molar refractivity (Wildman–Crippen MR) is 75.8 cm³/mol. The molecule has 0 bridgehead atoms. The van der Waals surface area contributed by atoms with Crippen molar-refractivity contribution in [1.82, 2.24) is 0 Å². The van der Waals surface area contributed by atoms with Gasteiger partial charge in [0.1, 0.15) is 6.29 Å². The molecule has 0 aliphatic rings. The molecule has 0 saturated carbocycles. The van der Waals surface area contributed by atoms with E-state index in [-0.39, 0.29) is 0 Å². The zero-order valence-corrected chi connectivity index (χ0v) is 13.1. The van der Waals surface area contributed by atoms with Gasteiger partial charge in [-0.3, -0.25) is 0 Å². The lowest BCUT2D eigenvalue weighted by atomic mass is 10.1. The molecule has 0 aliphatic heterocycles. The number of hydrogen-bond acceptors (Lipinski definition) is 1. The van der Waals surface area contributed by atoms with E-state index in [0.717, 1.165) is 6.42 Å². The minimum Gasteiger partial charge on any atom is -0.303 e. The first-order valence-corrected chi connectivity index (χ1v) is 9.80. The standard InChI is InChI=1S/C14H30OSi/c1-7-8-9-10-11-13(12-15)16(5,6)14(2,3)4/h12-13H,7-11H2,1-6H3/t13-/m1/s1. The average Bonchev–Trinajstić information content (AvgIpc) is 2.16. The second kappa shape index (κ2) is 6.58. The van der Waals surface area contributed by atoms with Crippen molar-refractivity contribution in [2.75, 3.05) is 0 Å². The molecule has 1 nitrogen and oxygen atoms in total. The van der Waals surface area contributed by atoms with Gasteiger partial charge < -0.3 is 4.79 Å². The van der Waals surface area contributed by atoms with E-state index in [2.05, 4.69) is 40.8 Å². The van der Waals surface area contributed by atoms with E-state index in [1.54, 1.807) is 0 Å². The molecule has 0 aliphatic carbocycles. The summed E-state index contributed by atoms with van der Waals surface area (Å²) in [4.78, 5) is 11.3. The summed E-state index contributed by atoms with van der Waals surface area (Å²) in [6, 6.07) is 0. The quantitative estimate of drug-likeness (QED) is 0.347. The van der Waals surface area contributed by atoms with Crippen molar-refractivity contribution in [1.29, 1.82) is 0 Å². The Morgan fingerprint density at radius 3 is 2.06 bits per heavy atom. The van der Waals surface area contributed by atoms with E-state index in [9.17, 15) is 4.79 Å².